The van der Waals surface area contributed by atoms with Crippen LogP contribution in [0.3, 0.4) is 0 Å². The van der Waals surface area contributed by atoms with E-state index in [9.17, 15) is 4.79 Å². The molecule has 0 aliphatic heterocycles. The van der Waals surface area contributed by atoms with Crippen molar-refractivity contribution in [1.29, 1.82) is 0 Å². The number of hydrogen-bond acceptors (Lipinski definition) is 2. The number of aryl methyl sites for hydroxylation is 1. The summed E-state index contributed by atoms with van der Waals surface area (Å²) in [5.74, 6) is -0.298. The normalized spacial score (nSPS) is 11.1. The van der Waals surface area contributed by atoms with Crippen molar-refractivity contribution >= 4 is 5.97 Å². The molecule has 0 aliphatic rings. The SMILES string of the molecule is CCCCCC/C=C\CCCCCCCc1cccc(OCC(=O)O)c1. The highest BCUT2D eigenvalue weighted by atomic mass is 16.5. The van der Waals surface area contributed by atoms with Crippen LogP contribution in [0.25, 0.3) is 0 Å². The van der Waals surface area contributed by atoms with E-state index in [-0.39, 0.29) is 6.61 Å². The van der Waals surface area contributed by atoms with Crippen molar-refractivity contribution in [3.8, 4) is 5.75 Å². The van der Waals surface area contributed by atoms with Crippen molar-refractivity contribution in [1.82, 2.24) is 0 Å². The van der Waals surface area contributed by atoms with Crippen molar-refractivity contribution in [3.63, 3.8) is 0 Å². The summed E-state index contributed by atoms with van der Waals surface area (Å²) < 4.78 is 5.22. The standard InChI is InChI=1S/C23H36O3/c1-2-3-4-5-6-7-8-9-10-11-12-13-14-16-21-17-15-18-22(19-21)26-20-23(24)25/h7-8,15,17-19H,2-6,9-14,16,20H2,1H3,(H,24,25)/b8-7-. The average molecular weight is 361 g/mol. The molecule has 0 aliphatic carbocycles. The van der Waals surface area contributed by atoms with E-state index in [1.54, 1.807) is 0 Å². The van der Waals surface area contributed by atoms with E-state index in [0.717, 1.165) is 6.42 Å². The molecule has 0 spiro atoms. The zero-order chi connectivity index (χ0) is 18.9. The minimum absolute atomic E-state index is 0.281. The topological polar surface area (TPSA) is 46.5 Å². The minimum Gasteiger partial charge on any atom is -0.482 e. The fourth-order valence-corrected chi connectivity index (χ4v) is 2.98. The highest BCUT2D eigenvalue weighted by molar-refractivity contribution is 5.68. The number of rotatable bonds is 16. The van der Waals surface area contributed by atoms with Crippen LogP contribution in [-0.4, -0.2) is 17.7 Å². The second kappa shape index (κ2) is 15.5. The molecule has 146 valence electrons. The van der Waals surface area contributed by atoms with Gasteiger partial charge < -0.3 is 9.84 Å². The van der Waals surface area contributed by atoms with Crippen molar-refractivity contribution in [3.05, 3.63) is 42.0 Å². The Morgan fingerprint density at radius 2 is 1.62 bits per heavy atom. The van der Waals surface area contributed by atoms with Gasteiger partial charge in [0.05, 0.1) is 0 Å². The first-order chi connectivity index (χ1) is 12.7. The molecule has 1 aromatic rings. The number of unbranched alkanes of at least 4 members (excludes halogenated alkanes) is 9. The minimum atomic E-state index is -0.943. The van der Waals surface area contributed by atoms with Gasteiger partial charge in [-0.3, -0.25) is 0 Å². The number of carboxylic acid groups (broad SMARTS) is 1. The zero-order valence-corrected chi connectivity index (χ0v) is 16.4. The molecule has 26 heavy (non-hydrogen) atoms. The highest BCUT2D eigenvalue weighted by Gasteiger charge is 2.01. The Kier molecular flexibility index (Phi) is 13.3. The first kappa shape index (κ1) is 22.3. The Morgan fingerprint density at radius 3 is 2.31 bits per heavy atom. The molecule has 0 heterocycles. The number of benzene rings is 1. The van der Waals surface area contributed by atoms with Crippen LogP contribution in [0.1, 0.15) is 83.1 Å². The fraction of sp³-hybridized carbons (Fsp3) is 0.609. The van der Waals surface area contributed by atoms with Crippen LogP contribution in [0.4, 0.5) is 0 Å². The van der Waals surface area contributed by atoms with Crippen LogP contribution in [0.2, 0.25) is 0 Å². The number of aliphatic carboxylic acids is 1. The van der Waals surface area contributed by atoms with Gasteiger partial charge in [-0.1, -0.05) is 69.7 Å². The van der Waals surface area contributed by atoms with Gasteiger partial charge in [0.1, 0.15) is 5.75 Å². The van der Waals surface area contributed by atoms with Gasteiger partial charge in [-0.15, -0.1) is 0 Å². The molecule has 1 rings (SSSR count). The van der Waals surface area contributed by atoms with Crippen molar-refractivity contribution in [2.45, 2.75) is 84.0 Å². The van der Waals surface area contributed by atoms with Gasteiger partial charge in [0, 0.05) is 0 Å². The van der Waals surface area contributed by atoms with Crippen LogP contribution in [0.5, 0.6) is 5.75 Å². The first-order valence-electron chi connectivity index (χ1n) is 10.3. The molecule has 1 aromatic carbocycles. The molecule has 3 nitrogen and oxygen atoms in total. The lowest BCUT2D eigenvalue weighted by Gasteiger charge is -2.06. The zero-order valence-electron chi connectivity index (χ0n) is 16.4. The van der Waals surface area contributed by atoms with Gasteiger partial charge in [0.2, 0.25) is 0 Å². The summed E-state index contributed by atoms with van der Waals surface area (Å²) in [6, 6.07) is 7.78. The van der Waals surface area contributed by atoms with Crippen LogP contribution in [0.15, 0.2) is 36.4 Å². The number of hydrogen-bond donors (Lipinski definition) is 1. The molecule has 0 atom stereocenters. The summed E-state index contributed by atoms with van der Waals surface area (Å²) in [7, 11) is 0. The fourth-order valence-electron chi connectivity index (χ4n) is 2.98. The number of carboxylic acids is 1. The second-order valence-electron chi connectivity index (χ2n) is 6.96. The van der Waals surface area contributed by atoms with E-state index in [0.29, 0.717) is 5.75 Å². The maximum Gasteiger partial charge on any atom is 0.341 e. The molecular formula is C23H36O3. The molecule has 0 saturated heterocycles. The van der Waals surface area contributed by atoms with E-state index < -0.39 is 5.97 Å². The lowest BCUT2D eigenvalue weighted by atomic mass is 10.0. The van der Waals surface area contributed by atoms with Gasteiger partial charge in [-0.2, -0.15) is 0 Å². The van der Waals surface area contributed by atoms with E-state index in [4.69, 9.17) is 9.84 Å². The quantitative estimate of drug-likeness (QED) is 0.268. The predicted octanol–water partition coefficient (Wildman–Crippen LogP) is 6.56. The van der Waals surface area contributed by atoms with Crippen LogP contribution >= 0.6 is 0 Å². The van der Waals surface area contributed by atoms with Crippen LogP contribution in [-0.2, 0) is 11.2 Å². The first-order valence-corrected chi connectivity index (χ1v) is 10.3. The summed E-state index contributed by atoms with van der Waals surface area (Å²) in [5, 5.41) is 8.65. The highest BCUT2D eigenvalue weighted by Crippen LogP contribution is 2.16. The Hall–Kier alpha value is -1.77. The van der Waals surface area contributed by atoms with Crippen molar-refractivity contribution in [2.75, 3.05) is 6.61 Å². The summed E-state index contributed by atoms with van der Waals surface area (Å²) in [6.07, 6.45) is 19.9. The van der Waals surface area contributed by atoms with Gasteiger partial charge in [0.15, 0.2) is 6.61 Å². The van der Waals surface area contributed by atoms with Gasteiger partial charge in [-0.05, 0) is 56.2 Å². The maximum atomic E-state index is 10.5. The third-order valence-electron chi connectivity index (χ3n) is 4.49. The van der Waals surface area contributed by atoms with E-state index >= 15 is 0 Å². The molecule has 1 N–H and O–H groups in total. The van der Waals surface area contributed by atoms with E-state index in [2.05, 4.69) is 25.1 Å². The molecule has 0 amide bonds. The lowest BCUT2D eigenvalue weighted by molar-refractivity contribution is -0.139. The Balaban J connectivity index is 1.99. The third-order valence-corrected chi connectivity index (χ3v) is 4.49. The van der Waals surface area contributed by atoms with E-state index in [1.165, 1.54) is 76.2 Å². The number of allylic oxidation sites excluding steroid dienone is 2. The molecule has 0 radical (unpaired) electrons. The summed E-state index contributed by atoms with van der Waals surface area (Å²) in [6.45, 7) is 1.97. The van der Waals surface area contributed by atoms with Crippen molar-refractivity contribution in [2.24, 2.45) is 0 Å². The molecule has 0 fully saturated rings. The van der Waals surface area contributed by atoms with Crippen LogP contribution < -0.4 is 4.74 Å². The van der Waals surface area contributed by atoms with Gasteiger partial charge in [-0.25, -0.2) is 4.79 Å². The second-order valence-corrected chi connectivity index (χ2v) is 6.96. The van der Waals surface area contributed by atoms with Crippen molar-refractivity contribution < 1.29 is 14.6 Å². The summed E-state index contributed by atoms with van der Waals surface area (Å²) >= 11 is 0. The van der Waals surface area contributed by atoms with E-state index in [1.807, 2.05) is 18.2 Å². The number of ether oxygens (including phenoxy) is 1. The average Bonchev–Trinajstić information content (AvgIpc) is 2.64. The predicted molar refractivity (Wildman–Crippen MR) is 109 cm³/mol. The number of carbonyl (C=O) groups is 1. The lowest BCUT2D eigenvalue weighted by Crippen LogP contribution is -2.09. The van der Waals surface area contributed by atoms with Gasteiger partial charge >= 0.3 is 5.97 Å². The largest absolute Gasteiger partial charge is 0.482 e. The smallest absolute Gasteiger partial charge is 0.341 e. The molecule has 0 saturated carbocycles. The van der Waals surface area contributed by atoms with Gasteiger partial charge in [0.25, 0.3) is 0 Å². The molecular weight excluding hydrogens is 324 g/mol. The molecule has 0 bridgehead atoms. The molecule has 0 aromatic heterocycles. The maximum absolute atomic E-state index is 10.5. The third kappa shape index (κ3) is 12.6. The molecule has 0 unspecified atom stereocenters. The van der Waals surface area contributed by atoms with Crippen LogP contribution in [0, 0.1) is 0 Å². The Bertz CT molecular complexity index is 508. The monoisotopic (exact) mass is 360 g/mol. The summed E-state index contributed by atoms with van der Waals surface area (Å²) in [5.41, 5.74) is 1.22. The Morgan fingerprint density at radius 1 is 0.962 bits per heavy atom. The summed E-state index contributed by atoms with van der Waals surface area (Å²) in [4.78, 5) is 10.5. The Labute approximate surface area is 159 Å². The molecule has 3 heteroatoms.